The molecule has 1 aliphatic rings. The van der Waals surface area contributed by atoms with Crippen LogP contribution in [0.15, 0.2) is 24.3 Å². The summed E-state index contributed by atoms with van der Waals surface area (Å²) in [7, 11) is 0. The van der Waals surface area contributed by atoms with Gasteiger partial charge in [0, 0.05) is 18.5 Å². The largest absolute Gasteiger partial charge is 0.444 e. The third kappa shape index (κ3) is 3.40. The molecule has 5 heteroatoms. The molecule has 21 heavy (non-hydrogen) atoms. The fourth-order valence-electron chi connectivity index (χ4n) is 2.26. The van der Waals surface area contributed by atoms with Gasteiger partial charge in [0.05, 0.1) is 11.5 Å². The van der Waals surface area contributed by atoms with E-state index >= 15 is 0 Å². The lowest BCUT2D eigenvalue weighted by Crippen LogP contribution is -2.40. The second-order valence-corrected chi connectivity index (χ2v) is 6.29. The van der Waals surface area contributed by atoms with E-state index in [9.17, 15) is 14.9 Å². The van der Waals surface area contributed by atoms with E-state index < -0.39 is 17.1 Å². The summed E-state index contributed by atoms with van der Waals surface area (Å²) in [6, 6.07) is 9.17. The van der Waals surface area contributed by atoms with Crippen LogP contribution in [-0.4, -0.2) is 17.5 Å². The number of amides is 1. The van der Waals surface area contributed by atoms with Gasteiger partial charge in [0.25, 0.3) is 0 Å². The second kappa shape index (κ2) is 5.21. The highest BCUT2D eigenvalue weighted by molar-refractivity contribution is 5.90. The number of hydrogen-bond acceptors (Lipinski definition) is 4. The summed E-state index contributed by atoms with van der Waals surface area (Å²) in [5, 5.41) is 11.9. The van der Waals surface area contributed by atoms with Crippen molar-refractivity contribution in [2.24, 2.45) is 0 Å². The maximum atomic E-state index is 11.6. The summed E-state index contributed by atoms with van der Waals surface area (Å²) in [6.45, 7) is 5.37. The molecule has 5 nitrogen and oxygen atoms in total. The Kier molecular flexibility index (Phi) is 3.73. The van der Waals surface area contributed by atoms with Gasteiger partial charge in [-0.25, -0.2) is 4.79 Å². The van der Waals surface area contributed by atoms with Crippen LogP contribution in [0.5, 0.6) is 0 Å². The van der Waals surface area contributed by atoms with Crippen molar-refractivity contribution in [1.82, 2.24) is 0 Å². The minimum Gasteiger partial charge on any atom is -0.444 e. The lowest BCUT2D eigenvalue weighted by molar-refractivity contribution is -0.126. The molecule has 1 aromatic carbocycles. The maximum Gasteiger partial charge on any atom is 0.412 e. The standard InChI is InChI=1S/C16H18N2O3/c1-15(2,3)21-14(20)18-12-6-4-11(5-7-12)16(10-17)8-13(19)9-16/h4-7H,8-9H2,1-3H3,(H,18,20). The van der Waals surface area contributed by atoms with Crippen molar-refractivity contribution in [2.75, 3.05) is 5.32 Å². The van der Waals surface area contributed by atoms with E-state index in [1.54, 1.807) is 45.0 Å². The molecular weight excluding hydrogens is 268 g/mol. The molecule has 1 N–H and O–H groups in total. The molecule has 1 amide bonds. The molecule has 0 spiro atoms. The van der Waals surface area contributed by atoms with Crippen molar-refractivity contribution in [2.45, 2.75) is 44.6 Å². The summed E-state index contributed by atoms with van der Waals surface area (Å²) in [5.41, 5.74) is 0.147. The number of ether oxygens (including phenoxy) is 1. The highest BCUT2D eigenvalue weighted by Gasteiger charge is 2.45. The van der Waals surface area contributed by atoms with Gasteiger partial charge in [-0.05, 0) is 38.5 Å². The molecule has 0 saturated heterocycles. The number of carbonyl (C=O) groups is 2. The molecule has 0 aliphatic heterocycles. The Labute approximate surface area is 123 Å². The number of nitriles is 1. The zero-order chi connectivity index (χ0) is 15.7. The van der Waals surface area contributed by atoms with Crippen molar-refractivity contribution in [1.29, 1.82) is 5.26 Å². The van der Waals surface area contributed by atoms with Crippen molar-refractivity contribution >= 4 is 17.6 Å². The van der Waals surface area contributed by atoms with Gasteiger partial charge in [-0.1, -0.05) is 12.1 Å². The molecule has 0 unspecified atom stereocenters. The first-order chi connectivity index (χ1) is 9.74. The number of rotatable bonds is 2. The molecule has 1 aliphatic carbocycles. The number of nitrogens with one attached hydrogen (secondary N) is 1. The molecule has 1 saturated carbocycles. The summed E-state index contributed by atoms with van der Waals surface area (Å²) in [6.07, 6.45) is 0.00841. The van der Waals surface area contributed by atoms with Gasteiger partial charge in [0.1, 0.15) is 11.4 Å². The van der Waals surface area contributed by atoms with Crippen LogP contribution in [0.25, 0.3) is 0 Å². The molecule has 1 fully saturated rings. The Hall–Kier alpha value is -2.35. The number of carbonyl (C=O) groups excluding carboxylic acids is 2. The Morgan fingerprint density at radius 2 is 1.86 bits per heavy atom. The van der Waals surface area contributed by atoms with Crippen LogP contribution in [0, 0.1) is 11.3 Å². The van der Waals surface area contributed by atoms with Crippen LogP contribution >= 0.6 is 0 Å². The van der Waals surface area contributed by atoms with Crippen molar-refractivity contribution in [3.63, 3.8) is 0 Å². The zero-order valence-corrected chi connectivity index (χ0v) is 12.4. The molecule has 0 bridgehead atoms. The number of nitrogens with zero attached hydrogens (tertiary/aromatic N) is 1. The monoisotopic (exact) mass is 286 g/mol. The van der Waals surface area contributed by atoms with Crippen molar-refractivity contribution < 1.29 is 14.3 Å². The molecular formula is C16H18N2O3. The molecule has 2 rings (SSSR count). The Balaban J connectivity index is 2.05. The van der Waals surface area contributed by atoms with Crippen LogP contribution < -0.4 is 5.32 Å². The number of ketones is 1. The van der Waals surface area contributed by atoms with E-state index in [4.69, 9.17) is 4.74 Å². The fraction of sp³-hybridized carbons (Fsp3) is 0.438. The van der Waals surface area contributed by atoms with Gasteiger partial charge in [-0.15, -0.1) is 0 Å². The first kappa shape index (κ1) is 15.0. The summed E-state index contributed by atoms with van der Waals surface area (Å²) in [5.74, 6) is 0.104. The van der Waals surface area contributed by atoms with Crippen LogP contribution in [0.3, 0.4) is 0 Å². The van der Waals surface area contributed by atoms with Gasteiger partial charge in [-0.2, -0.15) is 5.26 Å². The number of Topliss-reactive ketones (excluding diaryl/α,β-unsaturated/α-hetero) is 1. The van der Waals surface area contributed by atoms with Crippen LogP contribution in [0.4, 0.5) is 10.5 Å². The Bertz CT molecular complexity index is 598. The SMILES string of the molecule is CC(C)(C)OC(=O)Nc1ccc(C2(C#N)CC(=O)C2)cc1. The summed E-state index contributed by atoms with van der Waals surface area (Å²) in [4.78, 5) is 22.8. The van der Waals surface area contributed by atoms with E-state index in [0.717, 1.165) is 5.56 Å². The Morgan fingerprint density at radius 3 is 2.29 bits per heavy atom. The first-order valence-corrected chi connectivity index (χ1v) is 6.78. The predicted molar refractivity (Wildman–Crippen MR) is 77.8 cm³/mol. The number of benzene rings is 1. The molecule has 0 radical (unpaired) electrons. The van der Waals surface area contributed by atoms with Crippen LogP contribution in [0.1, 0.15) is 39.2 Å². The number of anilines is 1. The number of hydrogen-bond donors (Lipinski definition) is 1. The Morgan fingerprint density at radius 1 is 1.29 bits per heavy atom. The predicted octanol–water partition coefficient (Wildman–Crippen LogP) is 3.16. The molecule has 0 aromatic heterocycles. The minimum absolute atomic E-state index is 0.104. The molecule has 110 valence electrons. The van der Waals surface area contributed by atoms with Crippen LogP contribution in [-0.2, 0) is 14.9 Å². The third-order valence-corrected chi connectivity index (χ3v) is 3.29. The summed E-state index contributed by atoms with van der Waals surface area (Å²) < 4.78 is 5.16. The normalized spacial score (nSPS) is 16.6. The zero-order valence-electron chi connectivity index (χ0n) is 12.4. The highest BCUT2D eigenvalue weighted by Crippen LogP contribution is 2.40. The van der Waals surface area contributed by atoms with E-state index in [1.165, 1.54) is 0 Å². The van der Waals surface area contributed by atoms with Gasteiger partial charge < -0.3 is 4.74 Å². The average molecular weight is 286 g/mol. The smallest absolute Gasteiger partial charge is 0.412 e. The van der Waals surface area contributed by atoms with E-state index in [2.05, 4.69) is 11.4 Å². The average Bonchev–Trinajstić information content (AvgIpc) is 2.33. The van der Waals surface area contributed by atoms with Gasteiger partial charge in [0.15, 0.2) is 0 Å². The molecule has 0 heterocycles. The van der Waals surface area contributed by atoms with E-state index in [0.29, 0.717) is 5.69 Å². The molecule has 1 aromatic rings. The van der Waals surface area contributed by atoms with Crippen molar-refractivity contribution in [3.05, 3.63) is 29.8 Å². The van der Waals surface area contributed by atoms with E-state index in [-0.39, 0.29) is 18.6 Å². The maximum absolute atomic E-state index is 11.6. The van der Waals surface area contributed by atoms with E-state index in [1.807, 2.05) is 0 Å². The van der Waals surface area contributed by atoms with Crippen molar-refractivity contribution in [3.8, 4) is 6.07 Å². The quantitative estimate of drug-likeness (QED) is 0.905. The third-order valence-electron chi connectivity index (χ3n) is 3.29. The first-order valence-electron chi connectivity index (χ1n) is 6.78. The second-order valence-electron chi connectivity index (χ2n) is 6.29. The fourth-order valence-corrected chi connectivity index (χ4v) is 2.26. The van der Waals surface area contributed by atoms with Gasteiger partial charge in [-0.3, -0.25) is 10.1 Å². The lowest BCUT2D eigenvalue weighted by Gasteiger charge is -2.34. The minimum atomic E-state index is -0.693. The highest BCUT2D eigenvalue weighted by atomic mass is 16.6. The van der Waals surface area contributed by atoms with Gasteiger partial charge in [0.2, 0.25) is 0 Å². The van der Waals surface area contributed by atoms with Gasteiger partial charge >= 0.3 is 6.09 Å². The van der Waals surface area contributed by atoms with Crippen LogP contribution in [0.2, 0.25) is 0 Å². The summed E-state index contributed by atoms with van der Waals surface area (Å²) >= 11 is 0. The molecule has 0 atom stereocenters. The lowest BCUT2D eigenvalue weighted by atomic mass is 9.65. The topological polar surface area (TPSA) is 79.2 Å².